The molecule has 1 aliphatic carbocycles. The zero-order valence-electron chi connectivity index (χ0n) is 15.0. The van der Waals surface area contributed by atoms with Gasteiger partial charge in [0.1, 0.15) is 5.69 Å². The summed E-state index contributed by atoms with van der Waals surface area (Å²) < 4.78 is 0. The summed E-state index contributed by atoms with van der Waals surface area (Å²) in [5, 5.41) is 3.21. The molecule has 1 amide bonds. The number of aromatic nitrogens is 1. The van der Waals surface area contributed by atoms with Crippen molar-refractivity contribution in [3.63, 3.8) is 0 Å². The monoisotopic (exact) mass is 329 g/mol. The first-order valence-electron chi connectivity index (χ1n) is 9.81. The highest BCUT2D eigenvalue weighted by molar-refractivity contribution is 5.93. The molecule has 2 heterocycles. The second kappa shape index (κ2) is 8.50. The topological polar surface area (TPSA) is 45.2 Å². The van der Waals surface area contributed by atoms with Crippen LogP contribution in [0.15, 0.2) is 18.3 Å². The molecule has 132 valence electrons. The van der Waals surface area contributed by atoms with Crippen LogP contribution in [-0.2, 0) is 0 Å². The lowest BCUT2D eigenvalue weighted by Gasteiger charge is -2.37. The van der Waals surface area contributed by atoms with Crippen LogP contribution in [0.3, 0.4) is 0 Å². The summed E-state index contributed by atoms with van der Waals surface area (Å²) in [6, 6.07) is 4.96. The fraction of sp³-hybridized carbons (Fsp3) is 0.700. The molecule has 2 fully saturated rings. The van der Waals surface area contributed by atoms with Gasteiger partial charge in [-0.1, -0.05) is 32.6 Å². The minimum atomic E-state index is -0.00573. The van der Waals surface area contributed by atoms with Crippen molar-refractivity contribution in [2.75, 3.05) is 11.4 Å². The van der Waals surface area contributed by atoms with Crippen LogP contribution in [-0.4, -0.2) is 29.5 Å². The lowest BCUT2D eigenvalue weighted by atomic mass is 9.99. The maximum Gasteiger partial charge on any atom is 0.270 e. The van der Waals surface area contributed by atoms with Gasteiger partial charge in [-0.15, -0.1) is 0 Å². The van der Waals surface area contributed by atoms with Crippen molar-refractivity contribution in [3.8, 4) is 0 Å². The number of amides is 1. The van der Waals surface area contributed by atoms with E-state index in [1.807, 2.05) is 6.07 Å². The van der Waals surface area contributed by atoms with Gasteiger partial charge in [0.15, 0.2) is 0 Å². The van der Waals surface area contributed by atoms with E-state index in [-0.39, 0.29) is 5.91 Å². The Morgan fingerprint density at radius 1 is 1.17 bits per heavy atom. The predicted octanol–water partition coefficient (Wildman–Crippen LogP) is 4.30. The lowest BCUT2D eigenvalue weighted by molar-refractivity contribution is 0.0928. The van der Waals surface area contributed by atoms with E-state index in [4.69, 9.17) is 0 Å². The van der Waals surface area contributed by atoms with E-state index >= 15 is 0 Å². The number of anilines is 1. The highest BCUT2D eigenvalue weighted by Crippen LogP contribution is 2.26. The summed E-state index contributed by atoms with van der Waals surface area (Å²) in [5.74, 6) is -0.00573. The molecule has 1 saturated heterocycles. The van der Waals surface area contributed by atoms with Gasteiger partial charge in [0, 0.05) is 30.5 Å². The summed E-state index contributed by atoms with van der Waals surface area (Å²) in [6.45, 7) is 3.34. The summed E-state index contributed by atoms with van der Waals surface area (Å²) in [6.07, 6.45) is 14.0. The quantitative estimate of drug-likeness (QED) is 0.838. The average molecular weight is 329 g/mol. The fourth-order valence-corrected chi connectivity index (χ4v) is 4.17. The first kappa shape index (κ1) is 17.2. The number of pyridine rings is 1. The molecule has 1 atom stereocenters. The SMILES string of the molecule is CCC1CCCCN1c1ccnc(C(=O)NC2CCCCCC2)c1. The Hall–Kier alpha value is -1.58. The van der Waals surface area contributed by atoms with E-state index in [0.717, 1.165) is 31.5 Å². The van der Waals surface area contributed by atoms with Gasteiger partial charge in [-0.25, -0.2) is 0 Å². The van der Waals surface area contributed by atoms with E-state index in [1.165, 1.54) is 44.9 Å². The predicted molar refractivity (Wildman–Crippen MR) is 98.5 cm³/mol. The van der Waals surface area contributed by atoms with Crippen molar-refractivity contribution < 1.29 is 4.79 Å². The third-order valence-electron chi connectivity index (χ3n) is 5.60. The number of nitrogens with one attached hydrogen (secondary N) is 1. The summed E-state index contributed by atoms with van der Waals surface area (Å²) >= 11 is 0. The Morgan fingerprint density at radius 2 is 1.92 bits per heavy atom. The molecule has 1 saturated carbocycles. The van der Waals surface area contributed by atoms with Gasteiger partial charge in [0.25, 0.3) is 5.91 Å². The summed E-state index contributed by atoms with van der Waals surface area (Å²) in [4.78, 5) is 19.4. The van der Waals surface area contributed by atoms with Gasteiger partial charge >= 0.3 is 0 Å². The molecule has 4 heteroatoms. The Balaban J connectivity index is 1.68. The van der Waals surface area contributed by atoms with E-state index in [9.17, 15) is 4.79 Å². The number of piperidine rings is 1. The van der Waals surface area contributed by atoms with Crippen LogP contribution in [0.25, 0.3) is 0 Å². The molecule has 1 aliphatic heterocycles. The molecular formula is C20H31N3O. The fourth-order valence-electron chi connectivity index (χ4n) is 4.17. The van der Waals surface area contributed by atoms with Gasteiger partial charge in [0.2, 0.25) is 0 Å². The number of hydrogen-bond donors (Lipinski definition) is 1. The normalized spacial score (nSPS) is 22.9. The number of hydrogen-bond acceptors (Lipinski definition) is 3. The molecule has 4 nitrogen and oxygen atoms in total. The van der Waals surface area contributed by atoms with Crippen LogP contribution in [0, 0.1) is 0 Å². The molecule has 1 unspecified atom stereocenters. The number of carbonyl (C=O) groups excluding carboxylic acids is 1. The zero-order chi connectivity index (χ0) is 16.8. The third-order valence-corrected chi connectivity index (χ3v) is 5.60. The average Bonchev–Trinajstić information content (AvgIpc) is 2.90. The maximum absolute atomic E-state index is 12.6. The van der Waals surface area contributed by atoms with Crippen molar-refractivity contribution in [2.45, 2.75) is 83.2 Å². The Bertz CT molecular complexity index is 537. The number of rotatable bonds is 4. The molecule has 0 bridgehead atoms. The molecule has 1 aromatic rings. The second-order valence-corrected chi connectivity index (χ2v) is 7.31. The minimum absolute atomic E-state index is 0.00573. The van der Waals surface area contributed by atoms with Crippen LogP contribution in [0.4, 0.5) is 5.69 Å². The summed E-state index contributed by atoms with van der Waals surface area (Å²) in [5.41, 5.74) is 1.72. The van der Waals surface area contributed by atoms with Crippen LogP contribution < -0.4 is 10.2 Å². The van der Waals surface area contributed by atoms with Gasteiger partial charge in [-0.2, -0.15) is 0 Å². The van der Waals surface area contributed by atoms with E-state index in [1.54, 1.807) is 6.20 Å². The Kier molecular flexibility index (Phi) is 6.11. The smallest absolute Gasteiger partial charge is 0.270 e. The van der Waals surface area contributed by atoms with Crippen LogP contribution >= 0.6 is 0 Å². The van der Waals surface area contributed by atoms with Gasteiger partial charge in [0.05, 0.1) is 0 Å². The van der Waals surface area contributed by atoms with Crippen molar-refractivity contribution >= 4 is 11.6 Å². The van der Waals surface area contributed by atoms with Crippen LogP contribution in [0.1, 0.15) is 81.6 Å². The molecule has 0 radical (unpaired) electrons. The van der Waals surface area contributed by atoms with Gasteiger partial charge < -0.3 is 10.2 Å². The molecule has 0 aromatic carbocycles. The standard InChI is InChI=1S/C20H31N3O/c1-2-17-11-7-8-14-23(17)18-12-13-21-19(15-18)20(24)22-16-9-5-3-4-6-10-16/h12-13,15-17H,2-11,14H2,1H3,(H,22,24). The van der Waals surface area contributed by atoms with Crippen molar-refractivity contribution in [2.24, 2.45) is 0 Å². The zero-order valence-corrected chi connectivity index (χ0v) is 15.0. The summed E-state index contributed by atoms with van der Waals surface area (Å²) in [7, 11) is 0. The number of carbonyl (C=O) groups is 1. The maximum atomic E-state index is 12.6. The largest absolute Gasteiger partial charge is 0.368 e. The molecule has 2 aliphatic rings. The van der Waals surface area contributed by atoms with Crippen LogP contribution in [0.5, 0.6) is 0 Å². The van der Waals surface area contributed by atoms with Crippen LogP contribution in [0.2, 0.25) is 0 Å². The highest BCUT2D eigenvalue weighted by atomic mass is 16.1. The molecule has 0 spiro atoms. The molecule has 24 heavy (non-hydrogen) atoms. The lowest BCUT2D eigenvalue weighted by Crippen LogP contribution is -2.39. The Labute approximate surface area is 146 Å². The molecule has 1 N–H and O–H groups in total. The molecule has 3 rings (SSSR count). The van der Waals surface area contributed by atoms with Gasteiger partial charge in [-0.05, 0) is 50.7 Å². The first-order chi connectivity index (χ1) is 11.8. The van der Waals surface area contributed by atoms with Crippen molar-refractivity contribution in [1.82, 2.24) is 10.3 Å². The molecular weight excluding hydrogens is 298 g/mol. The minimum Gasteiger partial charge on any atom is -0.368 e. The second-order valence-electron chi connectivity index (χ2n) is 7.31. The Morgan fingerprint density at radius 3 is 2.67 bits per heavy atom. The van der Waals surface area contributed by atoms with Gasteiger partial charge in [-0.3, -0.25) is 9.78 Å². The third kappa shape index (κ3) is 4.28. The first-order valence-corrected chi connectivity index (χ1v) is 9.81. The van der Waals surface area contributed by atoms with E-state index in [2.05, 4.69) is 28.2 Å². The van der Waals surface area contributed by atoms with E-state index < -0.39 is 0 Å². The van der Waals surface area contributed by atoms with Crippen molar-refractivity contribution in [1.29, 1.82) is 0 Å². The molecule has 1 aromatic heterocycles. The van der Waals surface area contributed by atoms with E-state index in [0.29, 0.717) is 17.8 Å². The number of nitrogens with zero attached hydrogens (tertiary/aromatic N) is 2. The highest BCUT2D eigenvalue weighted by Gasteiger charge is 2.22. The van der Waals surface area contributed by atoms with Crippen molar-refractivity contribution in [3.05, 3.63) is 24.0 Å².